The van der Waals surface area contributed by atoms with Gasteiger partial charge in [0.05, 0.1) is 5.69 Å². The van der Waals surface area contributed by atoms with Crippen LogP contribution in [0.4, 0.5) is 4.39 Å². The lowest BCUT2D eigenvalue weighted by molar-refractivity contribution is 0.505. The van der Waals surface area contributed by atoms with Crippen LogP contribution in [0.25, 0.3) is 0 Å². The molecule has 0 aliphatic heterocycles. The summed E-state index contributed by atoms with van der Waals surface area (Å²) in [4.78, 5) is 4.42. The second-order valence-corrected chi connectivity index (χ2v) is 4.43. The van der Waals surface area contributed by atoms with Crippen molar-refractivity contribution in [3.63, 3.8) is 0 Å². The van der Waals surface area contributed by atoms with E-state index < -0.39 is 0 Å². The second-order valence-electron chi connectivity index (χ2n) is 4.43. The first-order chi connectivity index (χ1) is 8.67. The highest BCUT2D eigenvalue weighted by molar-refractivity contribution is 5.19. The third kappa shape index (κ3) is 3.40. The van der Waals surface area contributed by atoms with Crippen molar-refractivity contribution >= 4 is 0 Å². The molecule has 18 heavy (non-hydrogen) atoms. The van der Waals surface area contributed by atoms with Crippen molar-refractivity contribution in [2.24, 2.45) is 0 Å². The zero-order valence-corrected chi connectivity index (χ0v) is 10.6. The number of nitrogens with one attached hydrogen (secondary N) is 1. The largest absolute Gasteiger partial charge is 0.448 e. The van der Waals surface area contributed by atoms with Gasteiger partial charge in [0.25, 0.3) is 0 Å². The lowest BCUT2D eigenvalue weighted by Crippen LogP contribution is -2.23. The SMILES string of the molecule is CNC(C)Cc1coc(Cc2ccc(F)cc2)n1. The fourth-order valence-corrected chi connectivity index (χ4v) is 1.72. The van der Waals surface area contributed by atoms with Gasteiger partial charge in [0.1, 0.15) is 12.1 Å². The first-order valence-electron chi connectivity index (χ1n) is 6.02. The van der Waals surface area contributed by atoms with Crippen LogP contribution in [0.1, 0.15) is 24.1 Å². The van der Waals surface area contributed by atoms with Gasteiger partial charge in [-0.3, -0.25) is 0 Å². The Morgan fingerprint density at radius 2 is 2.06 bits per heavy atom. The van der Waals surface area contributed by atoms with E-state index in [0.717, 1.165) is 17.7 Å². The molecule has 0 radical (unpaired) electrons. The molecule has 1 unspecified atom stereocenters. The Bertz CT molecular complexity index is 493. The van der Waals surface area contributed by atoms with E-state index >= 15 is 0 Å². The van der Waals surface area contributed by atoms with Gasteiger partial charge in [0, 0.05) is 18.9 Å². The van der Waals surface area contributed by atoms with E-state index in [9.17, 15) is 4.39 Å². The Kier molecular flexibility index (Phi) is 4.10. The van der Waals surface area contributed by atoms with E-state index in [-0.39, 0.29) is 5.82 Å². The Labute approximate surface area is 106 Å². The van der Waals surface area contributed by atoms with Crippen molar-refractivity contribution in [3.8, 4) is 0 Å². The number of hydrogen-bond acceptors (Lipinski definition) is 3. The predicted molar refractivity (Wildman–Crippen MR) is 67.9 cm³/mol. The molecular formula is C14H17FN2O. The van der Waals surface area contributed by atoms with Gasteiger partial charge in [-0.2, -0.15) is 0 Å². The molecule has 96 valence electrons. The fourth-order valence-electron chi connectivity index (χ4n) is 1.72. The lowest BCUT2D eigenvalue weighted by atomic mass is 10.1. The van der Waals surface area contributed by atoms with Crippen molar-refractivity contribution in [3.05, 3.63) is 53.5 Å². The molecule has 0 fully saturated rings. The highest BCUT2D eigenvalue weighted by atomic mass is 19.1. The van der Waals surface area contributed by atoms with Crippen LogP contribution in [0.3, 0.4) is 0 Å². The molecule has 0 aliphatic carbocycles. The smallest absolute Gasteiger partial charge is 0.198 e. The van der Waals surface area contributed by atoms with Crippen LogP contribution in [0.2, 0.25) is 0 Å². The van der Waals surface area contributed by atoms with Crippen LogP contribution >= 0.6 is 0 Å². The summed E-state index contributed by atoms with van der Waals surface area (Å²) in [5.41, 5.74) is 1.93. The molecule has 0 amide bonds. The van der Waals surface area contributed by atoms with Crippen LogP contribution in [-0.2, 0) is 12.8 Å². The number of nitrogens with zero attached hydrogens (tertiary/aromatic N) is 1. The highest BCUT2D eigenvalue weighted by Gasteiger charge is 2.08. The molecule has 0 aliphatic rings. The minimum atomic E-state index is -0.227. The molecule has 0 saturated carbocycles. The van der Waals surface area contributed by atoms with Gasteiger partial charge in [-0.15, -0.1) is 0 Å². The van der Waals surface area contributed by atoms with Gasteiger partial charge >= 0.3 is 0 Å². The molecule has 1 atom stereocenters. The van der Waals surface area contributed by atoms with Crippen molar-refractivity contribution in [1.29, 1.82) is 0 Å². The van der Waals surface area contributed by atoms with Crippen molar-refractivity contribution in [2.45, 2.75) is 25.8 Å². The first kappa shape index (κ1) is 12.8. The van der Waals surface area contributed by atoms with Crippen molar-refractivity contribution in [1.82, 2.24) is 10.3 Å². The van der Waals surface area contributed by atoms with E-state index in [1.807, 2.05) is 7.05 Å². The highest BCUT2D eigenvalue weighted by Crippen LogP contribution is 2.11. The Morgan fingerprint density at radius 3 is 2.72 bits per heavy atom. The molecule has 0 spiro atoms. The first-order valence-corrected chi connectivity index (χ1v) is 6.02. The van der Waals surface area contributed by atoms with Crippen LogP contribution in [0.15, 0.2) is 34.9 Å². The number of likely N-dealkylation sites (N-methyl/N-ethyl adjacent to an activating group) is 1. The summed E-state index contributed by atoms with van der Waals surface area (Å²) in [6.45, 7) is 2.09. The fraction of sp³-hybridized carbons (Fsp3) is 0.357. The van der Waals surface area contributed by atoms with Crippen LogP contribution in [0.5, 0.6) is 0 Å². The van der Waals surface area contributed by atoms with Gasteiger partial charge in [0.15, 0.2) is 5.89 Å². The monoisotopic (exact) mass is 248 g/mol. The van der Waals surface area contributed by atoms with Gasteiger partial charge in [0.2, 0.25) is 0 Å². The topological polar surface area (TPSA) is 38.1 Å². The quantitative estimate of drug-likeness (QED) is 0.883. The lowest BCUT2D eigenvalue weighted by Gasteiger charge is -2.05. The zero-order valence-electron chi connectivity index (χ0n) is 10.6. The predicted octanol–water partition coefficient (Wildman–Crippen LogP) is 2.55. The summed E-state index contributed by atoms with van der Waals surface area (Å²) in [6, 6.07) is 6.75. The minimum absolute atomic E-state index is 0.227. The van der Waals surface area contributed by atoms with Crippen LogP contribution in [-0.4, -0.2) is 18.1 Å². The number of benzene rings is 1. The number of hydrogen-bond donors (Lipinski definition) is 1. The van der Waals surface area contributed by atoms with E-state index in [2.05, 4.69) is 17.2 Å². The summed E-state index contributed by atoms with van der Waals surface area (Å²) >= 11 is 0. The van der Waals surface area contributed by atoms with Crippen molar-refractivity contribution < 1.29 is 8.81 Å². The molecule has 2 rings (SSSR count). The van der Waals surface area contributed by atoms with Crippen LogP contribution < -0.4 is 5.32 Å². The summed E-state index contributed by atoms with van der Waals surface area (Å²) in [6.07, 6.45) is 3.12. The summed E-state index contributed by atoms with van der Waals surface area (Å²) in [5, 5.41) is 3.16. The number of rotatable bonds is 5. The maximum absolute atomic E-state index is 12.8. The normalized spacial score (nSPS) is 12.6. The number of oxazole rings is 1. The zero-order chi connectivity index (χ0) is 13.0. The molecule has 3 nitrogen and oxygen atoms in total. The Balaban J connectivity index is 2.00. The maximum Gasteiger partial charge on any atom is 0.198 e. The molecule has 0 saturated heterocycles. The number of halogens is 1. The van der Waals surface area contributed by atoms with Gasteiger partial charge in [-0.05, 0) is 31.7 Å². The van der Waals surface area contributed by atoms with Crippen LogP contribution in [0, 0.1) is 5.82 Å². The Morgan fingerprint density at radius 1 is 1.33 bits per heavy atom. The average Bonchev–Trinajstić information content (AvgIpc) is 2.79. The van der Waals surface area contributed by atoms with E-state index in [1.165, 1.54) is 12.1 Å². The van der Waals surface area contributed by atoms with Crippen molar-refractivity contribution in [2.75, 3.05) is 7.05 Å². The molecule has 1 heterocycles. The third-order valence-corrected chi connectivity index (χ3v) is 2.88. The van der Waals surface area contributed by atoms with Gasteiger partial charge in [-0.1, -0.05) is 12.1 Å². The molecule has 4 heteroatoms. The van der Waals surface area contributed by atoms with E-state index in [4.69, 9.17) is 4.42 Å². The van der Waals surface area contributed by atoms with E-state index in [1.54, 1.807) is 18.4 Å². The summed E-state index contributed by atoms with van der Waals surface area (Å²) < 4.78 is 18.2. The molecular weight excluding hydrogens is 231 g/mol. The van der Waals surface area contributed by atoms with Gasteiger partial charge in [-0.25, -0.2) is 9.37 Å². The maximum atomic E-state index is 12.8. The third-order valence-electron chi connectivity index (χ3n) is 2.88. The average molecular weight is 248 g/mol. The molecule has 2 aromatic rings. The van der Waals surface area contributed by atoms with E-state index in [0.29, 0.717) is 18.4 Å². The second kappa shape index (κ2) is 5.78. The molecule has 1 aromatic carbocycles. The Hall–Kier alpha value is -1.68. The standard InChI is InChI=1S/C14H17FN2O/c1-10(16-2)7-13-9-18-14(17-13)8-11-3-5-12(15)6-4-11/h3-6,9-10,16H,7-8H2,1-2H3. The number of aromatic nitrogens is 1. The molecule has 1 aromatic heterocycles. The molecule has 1 N–H and O–H groups in total. The minimum Gasteiger partial charge on any atom is -0.448 e. The summed E-state index contributed by atoms with van der Waals surface area (Å²) in [7, 11) is 1.92. The van der Waals surface area contributed by atoms with Gasteiger partial charge < -0.3 is 9.73 Å². The summed E-state index contributed by atoms with van der Waals surface area (Å²) in [5.74, 6) is 0.439. The molecule has 0 bridgehead atoms.